The van der Waals surface area contributed by atoms with E-state index < -0.39 is 17.8 Å². The molecule has 2 aliphatic rings. The lowest BCUT2D eigenvalue weighted by atomic mass is 9.69. The number of furan rings is 1. The van der Waals surface area contributed by atoms with Gasteiger partial charge in [-0.2, -0.15) is 0 Å². The number of esters is 1. The first kappa shape index (κ1) is 18.2. The van der Waals surface area contributed by atoms with Crippen LogP contribution in [0.5, 0.6) is 0 Å². The van der Waals surface area contributed by atoms with Gasteiger partial charge in [0.25, 0.3) is 0 Å². The third-order valence-electron chi connectivity index (χ3n) is 5.38. The molecule has 4 rings (SSSR count). The smallest absolute Gasteiger partial charge is 0.317 e. The van der Waals surface area contributed by atoms with Crippen molar-refractivity contribution < 1.29 is 23.5 Å². The van der Waals surface area contributed by atoms with Gasteiger partial charge in [-0.15, -0.1) is 0 Å². The standard InChI is InChI=1S/C22H21NO5/c1-2-27-22(26)20-15(17-9-6-10-28-17)11-16-19(21(20)25)14(12-18(24)23-16)13-7-4-3-5-8-13/h3-10,14-15,20H,2,11-12H2,1H3,(H,23,24)/t14-,15+,20+/m1/s1. The van der Waals surface area contributed by atoms with Crippen molar-refractivity contribution in [3.63, 3.8) is 0 Å². The van der Waals surface area contributed by atoms with Gasteiger partial charge in [-0.1, -0.05) is 30.3 Å². The Hall–Kier alpha value is -3.15. The van der Waals surface area contributed by atoms with Gasteiger partial charge < -0.3 is 14.5 Å². The Morgan fingerprint density at radius 2 is 1.93 bits per heavy atom. The zero-order chi connectivity index (χ0) is 19.7. The number of rotatable bonds is 4. The monoisotopic (exact) mass is 379 g/mol. The molecule has 2 heterocycles. The van der Waals surface area contributed by atoms with E-state index in [1.807, 2.05) is 30.3 Å². The number of benzene rings is 1. The Labute approximate surface area is 162 Å². The van der Waals surface area contributed by atoms with E-state index in [0.717, 1.165) is 5.56 Å². The second kappa shape index (κ2) is 7.46. The van der Waals surface area contributed by atoms with E-state index in [1.54, 1.807) is 19.1 Å². The van der Waals surface area contributed by atoms with Crippen molar-refractivity contribution in [2.75, 3.05) is 6.61 Å². The average molecular weight is 379 g/mol. The third kappa shape index (κ3) is 3.15. The Bertz CT molecular complexity index is 929. The number of amides is 1. The van der Waals surface area contributed by atoms with Crippen LogP contribution in [0.15, 0.2) is 64.4 Å². The second-order valence-corrected chi connectivity index (χ2v) is 7.03. The minimum atomic E-state index is -0.980. The number of nitrogens with one attached hydrogen (secondary N) is 1. The third-order valence-corrected chi connectivity index (χ3v) is 5.38. The Balaban J connectivity index is 1.81. The van der Waals surface area contributed by atoms with Crippen molar-refractivity contribution in [2.24, 2.45) is 5.92 Å². The van der Waals surface area contributed by atoms with E-state index in [-0.39, 0.29) is 30.6 Å². The Kier molecular flexibility index (Phi) is 4.86. The van der Waals surface area contributed by atoms with E-state index >= 15 is 0 Å². The highest BCUT2D eigenvalue weighted by molar-refractivity contribution is 6.12. The molecule has 1 aliphatic heterocycles. The highest BCUT2D eigenvalue weighted by Crippen LogP contribution is 2.45. The van der Waals surface area contributed by atoms with Gasteiger partial charge in [0, 0.05) is 29.5 Å². The number of ketones is 1. The summed E-state index contributed by atoms with van der Waals surface area (Å²) in [6.07, 6.45) is 2.03. The first-order chi connectivity index (χ1) is 13.6. The fourth-order valence-corrected chi connectivity index (χ4v) is 4.19. The molecular weight excluding hydrogens is 358 g/mol. The van der Waals surface area contributed by atoms with Crippen LogP contribution in [0.4, 0.5) is 0 Å². The fraction of sp³-hybridized carbons (Fsp3) is 0.318. The fourth-order valence-electron chi connectivity index (χ4n) is 4.19. The number of ether oxygens (including phenoxy) is 1. The molecule has 6 nitrogen and oxygen atoms in total. The number of Topliss-reactive ketones (excluding diaryl/α,β-unsaturated/α-hetero) is 1. The zero-order valence-corrected chi connectivity index (χ0v) is 15.5. The van der Waals surface area contributed by atoms with Gasteiger partial charge in [0.2, 0.25) is 5.91 Å². The van der Waals surface area contributed by atoms with E-state index in [9.17, 15) is 14.4 Å². The van der Waals surface area contributed by atoms with Gasteiger partial charge in [0.05, 0.1) is 12.9 Å². The van der Waals surface area contributed by atoms with Gasteiger partial charge in [0.15, 0.2) is 5.78 Å². The highest BCUT2D eigenvalue weighted by Gasteiger charge is 2.48. The summed E-state index contributed by atoms with van der Waals surface area (Å²) < 4.78 is 10.7. The number of hydrogen-bond donors (Lipinski definition) is 1. The molecule has 1 aliphatic carbocycles. The van der Waals surface area contributed by atoms with Gasteiger partial charge in [-0.25, -0.2) is 0 Å². The Morgan fingerprint density at radius 3 is 2.61 bits per heavy atom. The summed E-state index contributed by atoms with van der Waals surface area (Å²) in [5.74, 6) is -2.30. The summed E-state index contributed by atoms with van der Waals surface area (Å²) >= 11 is 0. The number of carbonyl (C=O) groups is 3. The summed E-state index contributed by atoms with van der Waals surface area (Å²) in [4.78, 5) is 38.6. The lowest BCUT2D eigenvalue weighted by Gasteiger charge is -2.37. The van der Waals surface area contributed by atoms with Crippen molar-refractivity contribution >= 4 is 17.7 Å². The van der Waals surface area contributed by atoms with Crippen molar-refractivity contribution in [1.29, 1.82) is 0 Å². The Morgan fingerprint density at radius 1 is 1.14 bits per heavy atom. The van der Waals surface area contributed by atoms with Gasteiger partial charge in [-0.05, 0) is 31.0 Å². The first-order valence-corrected chi connectivity index (χ1v) is 9.42. The molecule has 0 radical (unpaired) electrons. The summed E-state index contributed by atoms with van der Waals surface area (Å²) in [5.41, 5.74) is 1.97. The number of hydrogen-bond acceptors (Lipinski definition) is 5. The van der Waals surface area contributed by atoms with Gasteiger partial charge in [0.1, 0.15) is 11.7 Å². The molecule has 0 bridgehead atoms. The second-order valence-electron chi connectivity index (χ2n) is 7.03. The van der Waals surface area contributed by atoms with Crippen molar-refractivity contribution in [2.45, 2.75) is 31.6 Å². The van der Waals surface area contributed by atoms with E-state index in [1.165, 1.54) is 6.26 Å². The molecule has 6 heteroatoms. The van der Waals surface area contributed by atoms with Crippen LogP contribution in [0.3, 0.4) is 0 Å². The number of carbonyl (C=O) groups excluding carboxylic acids is 3. The summed E-state index contributed by atoms with van der Waals surface area (Å²) in [6.45, 7) is 1.91. The van der Waals surface area contributed by atoms with Crippen LogP contribution in [-0.2, 0) is 19.1 Å². The van der Waals surface area contributed by atoms with Crippen molar-refractivity contribution in [3.8, 4) is 0 Å². The van der Waals surface area contributed by atoms with E-state index in [4.69, 9.17) is 9.15 Å². The molecule has 28 heavy (non-hydrogen) atoms. The number of allylic oxidation sites excluding steroid dienone is 2. The molecule has 0 unspecified atom stereocenters. The molecule has 144 valence electrons. The minimum absolute atomic E-state index is 0.131. The van der Waals surface area contributed by atoms with Crippen LogP contribution >= 0.6 is 0 Å². The van der Waals surface area contributed by atoms with Crippen LogP contribution in [0, 0.1) is 5.92 Å². The minimum Gasteiger partial charge on any atom is -0.469 e. The van der Waals surface area contributed by atoms with Crippen LogP contribution in [0.25, 0.3) is 0 Å². The van der Waals surface area contributed by atoms with Crippen molar-refractivity contribution in [3.05, 3.63) is 71.3 Å². The molecule has 2 aromatic rings. The van der Waals surface area contributed by atoms with Gasteiger partial charge in [-0.3, -0.25) is 14.4 Å². The topological polar surface area (TPSA) is 85.6 Å². The quantitative estimate of drug-likeness (QED) is 0.652. The molecule has 1 amide bonds. The largest absolute Gasteiger partial charge is 0.469 e. The molecule has 1 aromatic carbocycles. The van der Waals surface area contributed by atoms with Crippen LogP contribution in [-0.4, -0.2) is 24.3 Å². The molecule has 0 saturated carbocycles. The molecule has 0 fully saturated rings. The van der Waals surface area contributed by atoms with Gasteiger partial charge >= 0.3 is 5.97 Å². The van der Waals surface area contributed by atoms with E-state index in [0.29, 0.717) is 23.5 Å². The summed E-state index contributed by atoms with van der Waals surface area (Å²) in [7, 11) is 0. The molecule has 0 saturated heterocycles. The SMILES string of the molecule is CCOC(=O)[C@@H]1C(=O)C2=C(C[C@H]1c1ccco1)NC(=O)C[C@@H]2c1ccccc1. The summed E-state index contributed by atoms with van der Waals surface area (Å²) in [5, 5.41) is 2.86. The zero-order valence-electron chi connectivity index (χ0n) is 15.5. The maximum absolute atomic E-state index is 13.5. The average Bonchev–Trinajstić information content (AvgIpc) is 3.22. The maximum Gasteiger partial charge on any atom is 0.317 e. The lowest BCUT2D eigenvalue weighted by molar-refractivity contribution is -0.152. The van der Waals surface area contributed by atoms with Crippen LogP contribution in [0.1, 0.15) is 42.9 Å². The molecular formula is C22H21NO5. The summed E-state index contributed by atoms with van der Waals surface area (Å²) in [6, 6.07) is 12.9. The van der Waals surface area contributed by atoms with Crippen LogP contribution < -0.4 is 5.32 Å². The lowest BCUT2D eigenvalue weighted by Crippen LogP contribution is -2.44. The maximum atomic E-state index is 13.5. The predicted octanol–water partition coefficient (Wildman–Crippen LogP) is 3.07. The predicted molar refractivity (Wildman–Crippen MR) is 100 cm³/mol. The first-order valence-electron chi connectivity index (χ1n) is 9.42. The molecule has 1 N–H and O–H groups in total. The van der Waals surface area contributed by atoms with Crippen LogP contribution in [0.2, 0.25) is 0 Å². The molecule has 0 spiro atoms. The van der Waals surface area contributed by atoms with E-state index in [2.05, 4.69) is 5.32 Å². The highest BCUT2D eigenvalue weighted by atomic mass is 16.5. The molecule has 3 atom stereocenters. The molecule has 1 aromatic heterocycles. The van der Waals surface area contributed by atoms with Crippen molar-refractivity contribution in [1.82, 2.24) is 5.32 Å². The normalized spacial score (nSPS) is 24.5.